The Morgan fingerprint density at radius 3 is 2.50 bits per heavy atom. The molecule has 1 heterocycles. The van der Waals surface area contributed by atoms with Crippen LogP contribution in [0.5, 0.6) is 0 Å². The van der Waals surface area contributed by atoms with E-state index in [-0.39, 0.29) is 0 Å². The number of carbonyl (C=O) groups is 1. The van der Waals surface area contributed by atoms with Crippen LogP contribution < -0.4 is 10.6 Å². The molecule has 0 fully saturated rings. The lowest BCUT2D eigenvalue weighted by Gasteiger charge is -2.07. The Labute approximate surface area is 99.0 Å². The van der Waals surface area contributed by atoms with Crippen molar-refractivity contribution >= 4 is 17.4 Å². The first kappa shape index (κ1) is 12.0. The van der Waals surface area contributed by atoms with Crippen LogP contribution in [-0.4, -0.2) is 16.2 Å². The number of nitrogens with zero attached hydrogens (tertiary/aromatic N) is 1. The molecule has 0 spiro atoms. The lowest BCUT2D eigenvalue weighted by Crippen LogP contribution is -2.20. The van der Waals surface area contributed by atoms with Crippen molar-refractivity contribution in [3.05, 3.63) is 42.0 Å². The molecule has 0 radical (unpaired) electrons. The number of hydrogen-bond acceptors (Lipinski definition) is 2. The first-order valence-electron chi connectivity index (χ1n) is 4.77. The highest BCUT2D eigenvalue weighted by Gasteiger charge is 2.12. The average molecular weight is 256 g/mol. The van der Waals surface area contributed by atoms with Gasteiger partial charge in [0.15, 0.2) is 11.6 Å². The molecule has 1 aromatic heterocycles. The Bertz CT molecular complexity index is 571. The maximum absolute atomic E-state index is 13.2. The van der Waals surface area contributed by atoms with Gasteiger partial charge in [-0.15, -0.1) is 0 Å². The Morgan fingerprint density at radius 1 is 1.11 bits per heavy atom. The number of urea groups is 1. The van der Waals surface area contributed by atoms with Gasteiger partial charge in [-0.05, 0) is 0 Å². The zero-order valence-electron chi connectivity index (χ0n) is 8.80. The minimum Gasteiger partial charge on any atom is -0.305 e. The van der Waals surface area contributed by atoms with E-state index in [9.17, 15) is 18.0 Å². The average Bonchev–Trinajstić information content (AvgIpc) is 2.78. The minimum atomic E-state index is -1.33. The largest absolute Gasteiger partial charge is 0.323 e. The molecule has 0 aliphatic heterocycles. The standard InChI is InChI=1S/C10H7F3N4O/c11-6-1-8(13)9(2-7(6)12)17-10(18)16-5-3-14-15-4-5/h1-4H,(H,14,15)(H2,16,17,18). The molecule has 0 saturated carbocycles. The Morgan fingerprint density at radius 2 is 1.83 bits per heavy atom. The third-order valence-electron chi connectivity index (χ3n) is 2.01. The van der Waals surface area contributed by atoms with Crippen LogP contribution in [0.4, 0.5) is 29.3 Å². The van der Waals surface area contributed by atoms with E-state index in [1.54, 1.807) is 0 Å². The van der Waals surface area contributed by atoms with Gasteiger partial charge < -0.3 is 10.6 Å². The molecular weight excluding hydrogens is 249 g/mol. The van der Waals surface area contributed by atoms with Gasteiger partial charge in [0.05, 0.1) is 17.6 Å². The molecule has 2 aromatic rings. The smallest absolute Gasteiger partial charge is 0.305 e. The fourth-order valence-corrected chi connectivity index (χ4v) is 1.22. The quantitative estimate of drug-likeness (QED) is 0.722. The van der Waals surface area contributed by atoms with Crippen molar-refractivity contribution in [3.63, 3.8) is 0 Å². The summed E-state index contributed by atoms with van der Waals surface area (Å²) in [6.45, 7) is 0. The SMILES string of the molecule is O=C(Nc1cn[nH]c1)Nc1cc(F)c(F)cc1F. The molecule has 3 N–H and O–H groups in total. The molecule has 94 valence electrons. The normalized spacial score (nSPS) is 10.2. The third kappa shape index (κ3) is 2.59. The van der Waals surface area contributed by atoms with Crippen molar-refractivity contribution in [2.24, 2.45) is 0 Å². The van der Waals surface area contributed by atoms with Gasteiger partial charge in [-0.2, -0.15) is 5.10 Å². The highest BCUT2D eigenvalue weighted by Crippen LogP contribution is 2.18. The zero-order valence-corrected chi connectivity index (χ0v) is 8.80. The van der Waals surface area contributed by atoms with Crippen molar-refractivity contribution in [2.75, 3.05) is 10.6 Å². The Hall–Kier alpha value is -2.51. The summed E-state index contributed by atoms with van der Waals surface area (Å²) in [5.41, 5.74) is -0.120. The van der Waals surface area contributed by atoms with Crippen LogP contribution in [0.15, 0.2) is 24.5 Å². The molecule has 2 rings (SSSR count). The topological polar surface area (TPSA) is 69.8 Å². The number of aromatic amines is 1. The lowest BCUT2D eigenvalue weighted by molar-refractivity contribution is 0.262. The van der Waals surface area contributed by atoms with E-state index < -0.39 is 29.2 Å². The van der Waals surface area contributed by atoms with Crippen molar-refractivity contribution < 1.29 is 18.0 Å². The number of nitrogens with one attached hydrogen (secondary N) is 3. The number of aromatic nitrogens is 2. The van der Waals surface area contributed by atoms with E-state index in [4.69, 9.17) is 0 Å². The van der Waals surface area contributed by atoms with E-state index >= 15 is 0 Å². The second kappa shape index (κ2) is 4.78. The van der Waals surface area contributed by atoms with Gasteiger partial charge in [0.1, 0.15) is 5.82 Å². The number of anilines is 2. The zero-order chi connectivity index (χ0) is 13.1. The molecule has 0 unspecified atom stereocenters. The molecule has 0 aliphatic carbocycles. The molecule has 0 bridgehead atoms. The second-order valence-electron chi connectivity index (χ2n) is 3.31. The molecule has 1 aromatic carbocycles. The maximum Gasteiger partial charge on any atom is 0.323 e. The molecule has 5 nitrogen and oxygen atoms in total. The van der Waals surface area contributed by atoms with Crippen LogP contribution >= 0.6 is 0 Å². The van der Waals surface area contributed by atoms with Gasteiger partial charge >= 0.3 is 6.03 Å². The molecule has 0 saturated heterocycles. The van der Waals surface area contributed by atoms with Crippen molar-refractivity contribution in [2.45, 2.75) is 0 Å². The number of hydrogen-bond donors (Lipinski definition) is 3. The number of rotatable bonds is 2. The summed E-state index contributed by atoms with van der Waals surface area (Å²) in [6.07, 6.45) is 2.71. The highest BCUT2D eigenvalue weighted by atomic mass is 19.2. The van der Waals surface area contributed by atoms with Gasteiger partial charge in [0, 0.05) is 18.3 Å². The van der Waals surface area contributed by atoms with Crippen LogP contribution in [0, 0.1) is 17.5 Å². The van der Waals surface area contributed by atoms with Crippen LogP contribution in [-0.2, 0) is 0 Å². The highest BCUT2D eigenvalue weighted by molar-refractivity contribution is 5.99. The summed E-state index contributed by atoms with van der Waals surface area (Å²) >= 11 is 0. The predicted molar refractivity (Wildman–Crippen MR) is 57.5 cm³/mol. The van der Waals surface area contributed by atoms with E-state index in [0.717, 1.165) is 0 Å². The molecular formula is C10H7F3N4O. The summed E-state index contributed by atoms with van der Waals surface area (Å²) < 4.78 is 38.7. The monoisotopic (exact) mass is 256 g/mol. The van der Waals surface area contributed by atoms with Gasteiger partial charge in [0.25, 0.3) is 0 Å². The third-order valence-corrected chi connectivity index (χ3v) is 2.01. The summed E-state index contributed by atoms with van der Waals surface area (Å²) in [5.74, 6) is -3.65. The Balaban J connectivity index is 2.09. The van der Waals surface area contributed by atoms with Gasteiger partial charge in [-0.1, -0.05) is 0 Å². The number of amides is 2. The molecule has 18 heavy (non-hydrogen) atoms. The van der Waals surface area contributed by atoms with Crippen molar-refractivity contribution in [1.29, 1.82) is 0 Å². The van der Waals surface area contributed by atoms with Crippen molar-refractivity contribution in [3.8, 4) is 0 Å². The minimum absolute atomic E-state index is 0.343. The summed E-state index contributed by atoms with van der Waals surface area (Å²) in [6, 6.07) is 0.101. The summed E-state index contributed by atoms with van der Waals surface area (Å²) in [4.78, 5) is 11.4. The summed E-state index contributed by atoms with van der Waals surface area (Å²) in [5, 5.41) is 10.4. The number of carbonyl (C=O) groups excluding carboxylic acids is 1. The van der Waals surface area contributed by atoms with Crippen LogP contribution in [0.2, 0.25) is 0 Å². The Kier molecular flexibility index (Phi) is 3.18. The predicted octanol–water partition coefficient (Wildman–Crippen LogP) is 2.47. The fraction of sp³-hybridized carbons (Fsp3) is 0. The van der Waals surface area contributed by atoms with Crippen molar-refractivity contribution in [1.82, 2.24) is 10.2 Å². The molecule has 8 heteroatoms. The maximum atomic E-state index is 13.2. The van der Waals surface area contributed by atoms with Crippen LogP contribution in [0.1, 0.15) is 0 Å². The van der Waals surface area contributed by atoms with Crippen LogP contribution in [0.25, 0.3) is 0 Å². The summed E-state index contributed by atoms with van der Waals surface area (Å²) in [7, 11) is 0. The van der Waals surface area contributed by atoms with Crippen LogP contribution in [0.3, 0.4) is 0 Å². The van der Waals surface area contributed by atoms with E-state index in [2.05, 4.69) is 15.5 Å². The van der Waals surface area contributed by atoms with E-state index in [0.29, 0.717) is 17.8 Å². The first-order chi connectivity index (χ1) is 8.56. The molecule has 0 aliphatic rings. The van der Waals surface area contributed by atoms with E-state index in [1.807, 2.05) is 5.32 Å². The first-order valence-corrected chi connectivity index (χ1v) is 4.77. The molecule has 0 atom stereocenters. The second-order valence-corrected chi connectivity index (χ2v) is 3.31. The molecule has 2 amide bonds. The number of H-pyrrole nitrogens is 1. The van der Waals surface area contributed by atoms with Gasteiger partial charge in [0.2, 0.25) is 0 Å². The van der Waals surface area contributed by atoms with E-state index in [1.165, 1.54) is 12.4 Å². The van der Waals surface area contributed by atoms with Gasteiger partial charge in [-0.3, -0.25) is 5.10 Å². The lowest BCUT2D eigenvalue weighted by atomic mass is 10.3. The fourth-order valence-electron chi connectivity index (χ4n) is 1.22. The number of halogens is 3. The number of benzene rings is 1. The van der Waals surface area contributed by atoms with Gasteiger partial charge in [-0.25, -0.2) is 18.0 Å².